The van der Waals surface area contributed by atoms with E-state index in [4.69, 9.17) is 4.74 Å². The van der Waals surface area contributed by atoms with Crippen LogP contribution in [0.2, 0.25) is 0 Å². The third-order valence-electron chi connectivity index (χ3n) is 5.85. The first-order valence-electron chi connectivity index (χ1n) is 11.2. The molecule has 4 rings (SSSR count). The summed E-state index contributed by atoms with van der Waals surface area (Å²) < 4.78 is 7.40. The first-order chi connectivity index (χ1) is 16.9. The number of hydrogen-bond donors (Lipinski definition) is 1. The van der Waals surface area contributed by atoms with E-state index in [0.29, 0.717) is 27.9 Å². The van der Waals surface area contributed by atoms with Crippen LogP contribution >= 0.6 is 11.8 Å². The second-order valence-electron chi connectivity index (χ2n) is 8.07. The van der Waals surface area contributed by atoms with Gasteiger partial charge in [-0.1, -0.05) is 55.9 Å². The van der Waals surface area contributed by atoms with E-state index in [2.05, 4.69) is 24.1 Å². The standard InChI is InChI=1S/C26H26N4O4S/c1-4-17(2)19-9-5-6-10-20(19)27-25(31)16-35-26-28-21-15-18(30(32)33)13-14-22(21)29(26)23-11-7-8-12-24(23)34-3/h5-15,17H,4,16H2,1-3H3,(H,27,31)/t17-/m1/s1. The summed E-state index contributed by atoms with van der Waals surface area (Å²) in [4.78, 5) is 28.4. The molecule has 4 aromatic rings. The molecular formula is C26H26N4O4S. The van der Waals surface area contributed by atoms with Crippen LogP contribution in [0.3, 0.4) is 0 Å². The van der Waals surface area contributed by atoms with Crippen molar-refractivity contribution < 1.29 is 14.5 Å². The zero-order valence-electron chi connectivity index (χ0n) is 19.7. The number of carbonyl (C=O) groups is 1. The van der Waals surface area contributed by atoms with Crippen LogP contribution in [0.4, 0.5) is 11.4 Å². The van der Waals surface area contributed by atoms with E-state index < -0.39 is 4.92 Å². The number of para-hydroxylation sites is 3. The molecule has 8 nitrogen and oxygen atoms in total. The Labute approximate surface area is 207 Å². The van der Waals surface area contributed by atoms with Crippen molar-refractivity contribution in [3.05, 3.63) is 82.4 Å². The Balaban J connectivity index is 1.66. The van der Waals surface area contributed by atoms with Crippen LogP contribution in [0.25, 0.3) is 16.7 Å². The van der Waals surface area contributed by atoms with Crippen LogP contribution in [0, 0.1) is 10.1 Å². The number of non-ortho nitro benzene ring substituents is 1. The molecule has 0 bridgehead atoms. The maximum absolute atomic E-state index is 12.9. The lowest BCUT2D eigenvalue weighted by Gasteiger charge is -2.16. The van der Waals surface area contributed by atoms with Crippen molar-refractivity contribution in [2.24, 2.45) is 0 Å². The van der Waals surface area contributed by atoms with E-state index in [1.165, 1.54) is 23.9 Å². The molecule has 0 unspecified atom stereocenters. The smallest absolute Gasteiger partial charge is 0.271 e. The summed E-state index contributed by atoms with van der Waals surface area (Å²) in [5.74, 6) is 0.911. The van der Waals surface area contributed by atoms with Gasteiger partial charge in [0, 0.05) is 17.8 Å². The fourth-order valence-electron chi connectivity index (χ4n) is 3.88. The number of nitro benzene ring substituents is 1. The SMILES string of the molecule is CC[C@@H](C)c1ccccc1NC(=O)CSc1nc2cc([N+](=O)[O-])ccc2n1-c1ccccc1OC. The Morgan fingerprint density at radius 2 is 1.91 bits per heavy atom. The topological polar surface area (TPSA) is 99.3 Å². The van der Waals surface area contributed by atoms with Crippen molar-refractivity contribution in [1.82, 2.24) is 9.55 Å². The van der Waals surface area contributed by atoms with Crippen molar-refractivity contribution in [3.8, 4) is 11.4 Å². The summed E-state index contributed by atoms with van der Waals surface area (Å²) in [6.45, 7) is 4.25. The lowest BCUT2D eigenvalue weighted by atomic mass is 9.97. The number of anilines is 1. The maximum Gasteiger partial charge on any atom is 0.271 e. The molecule has 9 heteroatoms. The van der Waals surface area contributed by atoms with E-state index in [-0.39, 0.29) is 17.3 Å². The van der Waals surface area contributed by atoms with Gasteiger partial charge in [0.1, 0.15) is 5.75 Å². The monoisotopic (exact) mass is 490 g/mol. The van der Waals surface area contributed by atoms with Crippen LogP contribution in [0.1, 0.15) is 31.7 Å². The second-order valence-corrected chi connectivity index (χ2v) is 9.01. The van der Waals surface area contributed by atoms with E-state index in [0.717, 1.165) is 23.4 Å². The number of carbonyl (C=O) groups excluding carboxylic acids is 1. The van der Waals surface area contributed by atoms with E-state index >= 15 is 0 Å². The molecule has 35 heavy (non-hydrogen) atoms. The van der Waals surface area contributed by atoms with Crippen LogP contribution < -0.4 is 10.1 Å². The number of hydrogen-bond acceptors (Lipinski definition) is 6. The van der Waals surface area contributed by atoms with Crippen LogP contribution in [0.5, 0.6) is 5.75 Å². The van der Waals surface area contributed by atoms with Crippen molar-refractivity contribution in [3.63, 3.8) is 0 Å². The number of thioether (sulfide) groups is 1. The third kappa shape index (κ3) is 5.14. The highest BCUT2D eigenvalue weighted by atomic mass is 32.2. The van der Waals surface area contributed by atoms with Crippen LogP contribution in [-0.2, 0) is 4.79 Å². The molecule has 1 amide bonds. The molecule has 0 spiro atoms. The number of benzene rings is 3. The highest BCUT2D eigenvalue weighted by Gasteiger charge is 2.20. The molecule has 1 N–H and O–H groups in total. The Hall–Kier alpha value is -3.85. The average Bonchev–Trinajstić information content (AvgIpc) is 3.24. The molecule has 0 aliphatic carbocycles. The van der Waals surface area contributed by atoms with Crippen LogP contribution in [0.15, 0.2) is 71.9 Å². The lowest BCUT2D eigenvalue weighted by molar-refractivity contribution is -0.384. The predicted molar refractivity (Wildman–Crippen MR) is 139 cm³/mol. The van der Waals surface area contributed by atoms with Gasteiger partial charge in [0.25, 0.3) is 5.69 Å². The predicted octanol–water partition coefficient (Wildman–Crippen LogP) is 6.19. The third-order valence-corrected chi connectivity index (χ3v) is 6.79. The molecule has 0 aliphatic heterocycles. The number of rotatable bonds is 9. The largest absolute Gasteiger partial charge is 0.495 e. The summed E-state index contributed by atoms with van der Waals surface area (Å²) >= 11 is 1.26. The van der Waals surface area contributed by atoms with E-state index in [9.17, 15) is 14.9 Å². The Morgan fingerprint density at radius 1 is 1.17 bits per heavy atom. The summed E-state index contributed by atoms with van der Waals surface area (Å²) in [6, 6.07) is 19.8. The van der Waals surface area contributed by atoms with Crippen molar-refractivity contribution in [1.29, 1.82) is 0 Å². The number of methoxy groups -OCH3 is 1. The summed E-state index contributed by atoms with van der Waals surface area (Å²) in [5, 5.41) is 14.8. The molecule has 3 aromatic carbocycles. The van der Waals surface area contributed by atoms with Gasteiger partial charge in [-0.25, -0.2) is 4.98 Å². The minimum Gasteiger partial charge on any atom is -0.495 e. The number of amides is 1. The Bertz CT molecular complexity index is 1390. The highest BCUT2D eigenvalue weighted by Crippen LogP contribution is 2.34. The van der Waals surface area contributed by atoms with Gasteiger partial charge < -0.3 is 10.1 Å². The molecular weight excluding hydrogens is 464 g/mol. The lowest BCUT2D eigenvalue weighted by Crippen LogP contribution is -2.16. The molecule has 0 saturated heterocycles. The summed E-state index contributed by atoms with van der Waals surface area (Å²) in [6.07, 6.45) is 0.969. The molecule has 1 atom stereocenters. The number of ether oxygens (including phenoxy) is 1. The van der Waals surface area contributed by atoms with Gasteiger partial charge in [-0.3, -0.25) is 19.5 Å². The quantitative estimate of drug-likeness (QED) is 0.171. The van der Waals surface area contributed by atoms with Gasteiger partial charge in [-0.2, -0.15) is 0 Å². The number of fused-ring (bicyclic) bond motifs is 1. The number of nitrogens with one attached hydrogen (secondary N) is 1. The number of nitrogens with zero attached hydrogens (tertiary/aromatic N) is 3. The van der Waals surface area contributed by atoms with Crippen molar-refractivity contribution in [2.75, 3.05) is 18.2 Å². The zero-order valence-corrected chi connectivity index (χ0v) is 20.5. The molecule has 0 fully saturated rings. The zero-order chi connectivity index (χ0) is 24.9. The van der Waals surface area contributed by atoms with E-state index in [1.54, 1.807) is 13.2 Å². The second kappa shape index (κ2) is 10.6. The molecule has 0 saturated carbocycles. The fraction of sp³-hybridized carbons (Fsp3) is 0.231. The molecule has 1 heterocycles. The average molecular weight is 491 g/mol. The summed E-state index contributed by atoms with van der Waals surface area (Å²) in [5.41, 5.74) is 3.75. The minimum atomic E-state index is -0.448. The number of aromatic nitrogens is 2. The van der Waals surface area contributed by atoms with Gasteiger partial charge in [0.15, 0.2) is 5.16 Å². The van der Waals surface area contributed by atoms with Gasteiger partial charge in [0.2, 0.25) is 5.91 Å². The van der Waals surface area contributed by atoms with Gasteiger partial charge >= 0.3 is 0 Å². The van der Waals surface area contributed by atoms with Gasteiger partial charge in [-0.15, -0.1) is 0 Å². The molecule has 1 aromatic heterocycles. The van der Waals surface area contributed by atoms with Gasteiger partial charge in [-0.05, 0) is 42.2 Å². The number of nitro groups is 1. The molecule has 180 valence electrons. The maximum atomic E-state index is 12.9. The van der Waals surface area contributed by atoms with Crippen LogP contribution in [-0.4, -0.2) is 33.2 Å². The highest BCUT2D eigenvalue weighted by molar-refractivity contribution is 7.99. The van der Waals surface area contributed by atoms with Crippen molar-refractivity contribution in [2.45, 2.75) is 31.3 Å². The first kappa shape index (κ1) is 24.3. The Morgan fingerprint density at radius 3 is 2.66 bits per heavy atom. The first-order valence-corrected chi connectivity index (χ1v) is 12.2. The van der Waals surface area contributed by atoms with E-state index in [1.807, 2.05) is 53.1 Å². The van der Waals surface area contributed by atoms with Gasteiger partial charge in [0.05, 0.1) is 34.5 Å². The summed E-state index contributed by atoms with van der Waals surface area (Å²) in [7, 11) is 1.58. The normalized spacial score (nSPS) is 11.9. The minimum absolute atomic E-state index is 0.0434. The fourth-order valence-corrected chi connectivity index (χ4v) is 4.70. The molecule has 0 aliphatic rings. The molecule has 0 radical (unpaired) electrons. The number of imidazole rings is 1. The Kier molecular flexibility index (Phi) is 7.36. The van der Waals surface area contributed by atoms with Crippen molar-refractivity contribution >= 4 is 40.1 Å².